The van der Waals surface area contributed by atoms with E-state index in [9.17, 15) is 5.11 Å². The van der Waals surface area contributed by atoms with Crippen LogP contribution < -0.4 is 10.1 Å². The van der Waals surface area contributed by atoms with E-state index in [1.54, 1.807) is 0 Å². The molecule has 1 saturated carbocycles. The average Bonchev–Trinajstić information content (AvgIpc) is 2.68. The van der Waals surface area contributed by atoms with E-state index in [0.717, 1.165) is 74.8 Å². The third-order valence-electron chi connectivity index (χ3n) is 6.05. The molecule has 1 aliphatic heterocycles. The van der Waals surface area contributed by atoms with Crippen molar-refractivity contribution >= 4 is 10.9 Å². The van der Waals surface area contributed by atoms with Crippen LogP contribution in [0.15, 0.2) is 12.4 Å². The van der Waals surface area contributed by atoms with Crippen molar-refractivity contribution in [2.45, 2.75) is 83.8 Å². The second-order valence-corrected chi connectivity index (χ2v) is 9.88. The Hall–Kier alpha value is -1.79. The quantitative estimate of drug-likeness (QED) is 0.816. The third kappa shape index (κ3) is 5.04. The van der Waals surface area contributed by atoms with Crippen LogP contribution in [0.5, 0.6) is 5.88 Å². The van der Waals surface area contributed by atoms with Gasteiger partial charge in [-0.15, -0.1) is 0 Å². The average molecular weight is 399 g/mol. The number of hydrogen-bond acceptors (Lipinski definition) is 6. The summed E-state index contributed by atoms with van der Waals surface area (Å²) >= 11 is 0. The molecule has 1 saturated heterocycles. The number of pyridine rings is 1. The van der Waals surface area contributed by atoms with Crippen LogP contribution in [0.25, 0.3) is 10.9 Å². The smallest absolute Gasteiger partial charge is 0.224 e. The fourth-order valence-electron chi connectivity index (χ4n) is 4.46. The van der Waals surface area contributed by atoms with Gasteiger partial charge >= 0.3 is 0 Å². The molecule has 0 spiro atoms. The van der Waals surface area contributed by atoms with E-state index in [2.05, 4.69) is 31.1 Å². The lowest BCUT2D eigenvalue weighted by atomic mass is 9.82. The molecule has 0 radical (unpaired) electrons. The highest BCUT2D eigenvalue weighted by Crippen LogP contribution is 2.38. The number of ether oxygens (including phenoxy) is 1. The third-order valence-corrected chi connectivity index (χ3v) is 6.05. The van der Waals surface area contributed by atoms with Crippen LogP contribution >= 0.6 is 0 Å². The first-order valence-corrected chi connectivity index (χ1v) is 11.1. The molecule has 1 aliphatic carbocycles. The van der Waals surface area contributed by atoms with Crippen molar-refractivity contribution in [3.05, 3.63) is 23.8 Å². The molecule has 2 N–H and O–H groups in total. The van der Waals surface area contributed by atoms with Gasteiger partial charge < -0.3 is 15.2 Å². The van der Waals surface area contributed by atoms with Gasteiger partial charge in [-0.1, -0.05) is 20.8 Å². The van der Waals surface area contributed by atoms with Gasteiger partial charge in [0.2, 0.25) is 5.88 Å². The first kappa shape index (κ1) is 20.5. The maximum Gasteiger partial charge on any atom is 0.224 e. The zero-order valence-electron chi connectivity index (χ0n) is 17.9. The summed E-state index contributed by atoms with van der Waals surface area (Å²) < 4.78 is 6.30. The molecule has 0 amide bonds. The summed E-state index contributed by atoms with van der Waals surface area (Å²) in [5, 5.41) is 14.2. The van der Waals surface area contributed by atoms with Crippen molar-refractivity contribution in [1.82, 2.24) is 20.3 Å². The summed E-state index contributed by atoms with van der Waals surface area (Å²) in [5.74, 6) is 1.92. The fourth-order valence-corrected chi connectivity index (χ4v) is 4.46. The van der Waals surface area contributed by atoms with E-state index in [4.69, 9.17) is 14.7 Å². The number of aliphatic hydroxyl groups excluding tert-OH is 1. The van der Waals surface area contributed by atoms with E-state index in [1.807, 2.05) is 12.4 Å². The summed E-state index contributed by atoms with van der Waals surface area (Å²) in [6.07, 6.45) is 10.4. The van der Waals surface area contributed by atoms with Gasteiger partial charge in [0, 0.05) is 24.4 Å². The predicted octanol–water partition coefficient (Wildman–Crippen LogP) is 3.76. The fraction of sp³-hybridized carbons (Fsp3) is 0.696. The van der Waals surface area contributed by atoms with Crippen molar-refractivity contribution < 1.29 is 9.84 Å². The number of fused-ring (bicyclic) bond motifs is 1. The second kappa shape index (κ2) is 8.52. The molecule has 2 aromatic rings. The van der Waals surface area contributed by atoms with Crippen molar-refractivity contribution in [3.8, 4) is 5.88 Å². The SMILES string of the molecule is CC(C)(C)Cc1ncc2c(OC3CCNCC3)ncc(C3CCC(O)CC3)c2n1. The van der Waals surface area contributed by atoms with Crippen LogP contribution in [0.4, 0.5) is 0 Å². The zero-order chi connectivity index (χ0) is 20.4. The number of rotatable bonds is 4. The van der Waals surface area contributed by atoms with Crippen LogP contribution in [0.3, 0.4) is 0 Å². The van der Waals surface area contributed by atoms with Gasteiger partial charge in [-0.25, -0.2) is 15.0 Å². The number of hydrogen-bond donors (Lipinski definition) is 2. The number of nitrogens with one attached hydrogen (secondary N) is 1. The zero-order valence-corrected chi connectivity index (χ0v) is 17.9. The Kier molecular flexibility index (Phi) is 6.02. The van der Waals surface area contributed by atoms with E-state index >= 15 is 0 Å². The summed E-state index contributed by atoms with van der Waals surface area (Å²) in [6.45, 7) is 8.60. The molecule has 158 valence electrons. The Morgan fingerprint density at radius 2 is 1.76 bits per heavy atom. The van der Waals surface area contributed by atoms with Crippen molar-refractivity contribution in [3.63, 3.8) is 0 Å². The molecule has 2 aromatic heterocycles. The summed E-state index contributed by atoms with van der Waals surface area (Å²) in [5.41, 5.74) is 2.30. The minimum atomic E-state index is -0.168. The van der Waals surface area contributed by atoms with Crippen molar-refractivity contribution in [2.75, 3.05) is 13.1 Å². The highest BCUT2D eigenvalue weighted by molar-refractivity contribution is 5.85. The molecule has 2 aliphatic rings. The molecule has 0 aromatic carbocycles. The topological polar surface area (TPSA) is 80.2 Å². The first-order chi connectivity index (χ1) is 13.9. The molecule has 0 atom stereocenters. The summed E-state index contributed by atoms with van der Waals surface area (Å²) in [4.78, 5) is 14.4. The maximum atomic E-state index is 9.92. The molecule has 6 heteroatoms. The van der Waals surface area contributed by atoms with Gasteiger partial charge in [0.15, 0.2) is 0 Å². The molecule has 4 rings (SSSR count). The first-order valence-electron chi connectivity index (χ1n) is 11.1. The Morgan fingerprint density at radius 3 is 2.45 bits per heavy atom. The standard InChI is InChI=1S/C23H34N4O2/c1-23(2,3)12-20-25-14-19-21(27-20)18(15-4-6-16(28)7-5-15)13-26-22(19)29-17-8-10-24-11-9-17/h13-17,24,28H,4-12H2,1-3H3. The summed E-state index contributed by atoms with van der Waals surface area (Å²) in [7, 11) is 0. The van der Waals surface area contributed by atoms with Gasteiger partial charge in [0.25, 0.3) is 0 Å². The van der Waals surface area contributed by atoms with Crippen molar-refractivity contribution in [1.29, 1.82) is 0 Å². The van der Waals surface area contributed by atoms with E-state index < -0.39 is 0 Å². The molecule has 6 nitrogen and oxygen atoms in total. The van der Waals surface area contributed by atoms with Gasteiger partial charge in [-0.05, 0) is 62.9 Å². The van der Waals surface area contributed by atoms with Gasteiger partial charge in [0.05, 0.1) is 17.0 Å². The van der Waals surface area contributed by atoms with Crippen LogP contribution in [0.1, 0.15) is 76.6 Å². The van der Waals surface area contributed by atoms with Gasteiger partial charge in [-0.3, -0.25) is 0 Å². The molecule has 0 bridgehead atoms. The second-order valence-electron chi connectivity index (χ2n) is 9.88. The minimum Gasteiger partial charge on any atom is -0.474 e. The number of piperidine rings is 1. The lowest BCUT2D eigenvalue weighted by Crippen LogP contribution is -2.34. The molecule has 3 heterocycles. The largest absolute Gasteiger partial charge is 0.474 e. The van der Waals surface area contributed by atoms with Gasteiger partial charge in [-0.2, -0.15) is 0 Å². The maximum absolute atomic E-state index is 9.92. The molecular formula is C23H34N4O2. The van der Waals surface area contributed by atoms with E-state index in [1.165, 1.54) is 5.56 Å². The Morgan fingerprint density at radius 1 is 1.03 bits per heavy atom. The normalized spacial score (nSPS) is 24.0. The van der Waals surface area contributed by atoms with Crippen LogP contribution in [0, 0.1) is 5.41 Å². The predicted molar refractivity (Wildman–Crippen MR) is 114 cm³/mol. The van der Waals surface area contributed by atoms with E-state index in [0.29, 0.717) is 11.8 Å². The number of aromatic nitrogens is 3. The highest BCUT2D eigenvalue weighted by Gasteiger charge is 2.26. The Balaban J connectivity index is 1.71. The molecule has 0 unspecified atom stereocenters. The molecular weight excluding hydrogens is 364 g/mol. The highest BCUT2D eigenvalue weighted by atomic mass is 16.5. The molecule has 29 heavy (non-hydrogen) atoms. The Bertz CT molecular complexity index is 835. The summed E-state index contributed by atoms with van der Waals surface area (Å²) in [6, 6.07) is 0. The van der Waals surface area contributed by atoms with Crippen LogP contribution in [-0.4, -0.2) is 45.4 Å². The molecule has 2 fully saturated rings. The lowest BCUT2D eigenvalue weighted by Gasteiger charge is -2.27. The minimum absolute atomic E-state index is 0.129. The number of nitrogens with zero attached hydrogens (tertiary/aromatic N) is 3. The number of aliphatic hydroxyl groups is 1. The lowest BCUT2D eigenvalue weighted by molar-refractivity contribution is 0.122. The van der Waals surface area contributed by atoms with E-state index in [-0.39, 0.29) is 17.6 Å². The van der Waals surface area contributed by atoms with Gasteiger partial charge in [0.1, 0.15) is 11.9 Å². The van der Waals surface area contributed by atoms with Crippen LogP contribution in [-0.2, 0) is 6.42 Å². The van der Waals surface area contributed by atoms with Crippen LogP contribution in [0.2, 0.25) is 0 Å². The monoisotopic (exact) mass is 398 g/mol. The Labute approximate surface area is 173 Å². The van der Waals surface area contributed by atoms with Crippen molar-refractivity contribution in [2.24, 2.45) is 5.41 Å².